The number of ether oxygens (including phenoxy) is 1. The Labute approximate surface area is 96.7 Å². The average Bonchev–Trinajstić information content (AvgIpc) is 2.57. The normalized spacial score (nSPS) is 32.9. The van der Waals surface area contributed by atoms with Crippen LogP contribution in [-0.2, 0) is 4.74 Å². The summed E-state index contributed by atoms with van der Waals surface area (Å²) in [5.41, 5.74) is 0.518. The fourth-order valence-electron chi connectivity index (χ4n) is 1.93. The number of aryl methyl sites for hydroxylation is 1. The van der Waals surface area contributed by atoms with Crippen LogP contribution in [0.15, 0.2) is 11.0 Å². The van der Waals surface area contributed by atoms with Gasteiger partial charge in [-0.1, -0.05) is 0 Å². The van der Waals surface area contributed by atoms with Gasteiger partial charge in [-0.2, -0.15) is 0 Å². The summed E-state index contributed by atoms with van der Waals surface area (Å²) in [5, 5.41) is 28.4. The topological polar surface area (TPSA) is 116 Å². The van der Waals surface area contributed by atoms with Crippen LogP contribution in [0, 0.1) is 6.92 Å². The second-order valence-corrected chi connectivity index (χ2v) is 4.03. The van der Waals surface area contributed by atoms with Crippen LogP contribution >= 0.6 is 0 Å². The van der Waals surface area contributed by atoms with Gasteiger partial charge < -0.3 is 25.0 Å². The van der Waals surface area contributed by atoms with Gasteiger partial charge >= 0.3 is 5.69 Å². The fraction of sp³-hybridized carbons (Fsp3) is 0.600. The molecular formula is C10H14N2O5. The number of rotatable bonds is 2. The lowest BCUT2D eigenvalue weighted by Crippen LogP contribution is -2.32. The van der Waals surface area contributed by atoms with Gasteiger partial charge in [0.25, 0.3) is 0 Å². The maximum Gasteiger partial charge on any atom is 0.345 e. The summed E-state index contributed by atoms with van der Waals surface area (Å²) in [4.78, 5) is 17.0. The van der Waals surface area contributed by atoms with Crippen molar-refractivity contribution in [3.8, 4) is 0 Å². The van der Waals surface area contributed by atoms with Crippen LogP contribution in [0.25, 0.3) is 0 Å². The number of aromatic nitrogens is 2. The summed E-state index contributed by atoms with van der Waals surface area (Å²) in [7, 11) is 0. The van der Waals surface area contributed by atoms with Crippen molar-refractivity contribution in [2.75, 3.05) is 6.61 Å². The Kier molecular flexibility index (Phi) is 3.25. The molecule has 17 heavy (non-hydrogen) atoms. The summed E-state index contributed by atoms with van der Waals surface area (Å²) in [5.74, 6) is 0. The molecule has 4 atom stereocenters. The van der Waals surface area contributed by atoms with Crippen LogP contribution in [0.4, 0.5) is 0 Å². The molecule has 94 valence electrons. The van der Waals surface area contributed by atoms with E-state index in [4.69, 9.17) is 9.84 Å². The first-order valence-corrected chi connectivity index (χ1v) is 5.23. The zero-order valence-corrected chi connectivity index (χ0v) is 9.20. The molecule has 7 heteroatoms. The van der Waals surface area contributed by atoms with E-state index in [2.05, 4.69) is 9.97 Å². The van der Waals surface area contributed by atoms with Gasteiger partial charge in [0.1, 0.15) is 24.4 Å². The molecule has 2 heterocycles. The lowest BCUT2D eigenvalue weighted by Gasteiger charge is -2.16. The Bertz CT molecular complexity index is 460. The number of hydrogen-bond donors (Lipinski definition) is 4. The van der Waals surface area contributed by atoms with E-state index in [1.54, 1.807) is 6.92 Å². The van der Waals surface area contributed by atoms with Gasteiger partial charge in [0.2, 0.25) is 0 Å². The first-order valence-electron chi connectivity index (χ1n) is 5.23. The summed E-state index contributed by atoms with van der Waals surface area (Å²) >= 11 is 0. The number of nitrogens with one attached hydrogen (secondary N) is 1. The molecule has 1 fully saturated rings. The van der Waals surface area contributed by atoms with E-state index in [1.165, 1.54) is 6.20 Å². The van der Waals surface area contributed by atoms with Crippen LogP contribution in [-0.4, -0.2) is 50.2 Å². The maximum atomic E-state index is 11.0. The van der Waals surface area contributed by atoms with Crippen molar-refractivity contribution < 1.29 is 20.1 Å². The van der Waals surface area contributed by atoms with Gasteiger partial charge in [0.15, 0.2) is 0 Å². The highest BCUT2D eigenvalue weighted by atomic mass is 16.6. The Hall–Kier alpha value is -1.28. The minimum atomic E-state index is -1.16. The molecule has 0 spiro atoms. The third kappa shape index (κ3) is 2.09. The Balaban J connectivity index is 2.32. The monoisotopic (exact) mass is 242 g/mol. The van der Waals surface area contributed by atoms with E-state index in [0.29, 0.717) is 11.3 Å². The quantitative estimate of drug-likeness (QED) is 0.488. The standard InChI is InChI=1S/C10H14N2O5/c1-4-5(2-11-10(16)12-4)9-8(15)7(14)6(3-13)17-9/h2,6-9,13-15H,3H2,1H3,(H,11,12,16)/t6-,7?,8+,9+/m1/s1. The zero-order chi connectivity index (χ0) is 12.6. The molecule has 1 aliphatic rings. The molecule has 0 aromatic carbocycles. The minimum Gasteiger partial charge on any atom is -0.394 e. The van der Waals surface area contributed by atoms with E-state index >= 15 is 0 Å². The van der Waals surface area contributed by atoms with Crippen LogP contribution in [0.3, 0.4) is 0 Å². The molecule has 1 saturated heterocycles. The van der Waals surface area contributed by atoms with Gasteiger partial charge in [-0.15, -0.1) is 0 Å². The molecule has 1 unspecified atom stereocenters. The van der Waals surface area contributed by atoms with Crippen molar-refractivity contribution in [3.63, 3.8) is 0 Å². The van der Waals surface area contributed by atoms with E-state index in [-0.39, 0.29) is 6.61 Å². The second-order valence-electron chi connectivity index (χ2n) is 4.03. The van der Waals surface area contributed by atoms with Crippen molar-refractivity contribution in [2.45, 2.75) is 31.3 Å². The lowest BCUT2D eigenvalue weighted by atomic mass is 10.0. The summed E-state index contributed by atoms with van der Waals surface area (Å²) in [6.45, 7) is 1.26. The van der Waals surface area contributed by atoms with Crippen LogP contribution in [0.2, 0.25) is 0 Å². The zero-order valence-electron chi connectivity index (χ0n) is 9.20. The number of H-pyrrole nitrogens is 1. The highest BCUT2D eigenvalue weighted by Gasteiger charge is 2.43. The average molecular weight is 242 g/mol. The number of aliphatic hydroxyl groups is 3. The molecule has 0 saturated carbocycles. The maximum absolute atomic E-state index is 11.0. The number of hydrogen-bond acceptors (Lipinski definition) is 6. The summed E-state index contributed by atoms with van der Waals surface area (Å²) in [6, 6.07) is 0. The Morgan fingerprint density at radius 2 is 2.18 bits per heavy atom. The molecule has 0 radical (unpaired) electrons. The van der Waals surface area contributed by atoms with Crippen molar-refractivity contribution >= 4 is 0 Å². The molecular weight excluding hydrogens is 228 g/mol. The van der Waals surface area contributed by atoms with Crippen molar-refractivity contribution in [1.82, 2.24) is 9.97 Å². The predicted molar refractivity (Wildman–Crippen MR) is 56.3 cm³/mol. The third-order valence-corrected chi connectivity index (χ3v) is 2.90. The molecule has 0 amide bonds. The molecule has 2 rings (SSSR count). The van der Waals surface area contributed by atoms with E-state index in [1.807, 2.05) is 0 Å². The number of aromatic amines is 1. The van der Waals surface area contributed by atoms with Crippen LogP contribution < -0.4 is 5.69 Å². The smallest absolute Gasteiger partial charge is 0.345 e. The van der Waals surface area contributed by atoms with Gasteiger partial charge in [-0.05, 0) is 6.92 Å². The largest absolute Gasteiger partial charge is 0.394 e. The van der Waals surface area contributed by atoms with Gasteiger partial charge in [-0.3, -0.25) is 0 Å². The SMILES string of the molecule is Cc1[nH]c(=O)ncc1[C@@H]1O[C@H](CO)C(O)[C@@H]1O. The first kappa shape index (κ1) is 12.2. The van der Waals surface area contributed by atoms with E-state index < -0.39 is 30.1 Å². The van der Waals surface area contributed by atoms with Crippen molar-refractivity contribution in [3.05, 3.63) is 27.9 Å². The second kappa shape index (κ2) is 4.53. The first-order chi connectivity index (χ1) is 8.04. The van der Waals surface area contributed by atoms with Crippen molar-refractivity contribution in [2.24, 2.45) is 0 Å². The molecule has 0 bridgehead atoms. The number of nitrogens with zero attached hydrogens (tertiary/aromatic N) is 1. The Morgan fingerprint density at radius 1 is 1.47 bits per heavy atom. The van der Waals surface area contributed by atoms with E-state index in [0.717, 1.165) is 0 Å². The lowest BCUT2D eigenvalue weighted by molar-refractivity contribution is -0.0231. The van der Waals surface area contributed by atoms with Gasteiger partial charge in [0, 0.05) is 17.5 Å². The summed E-state index contributed by atoms with van der Waals surface area (Å²) < 4.78 is 5.33. The van der Waals surface area contributed by atoms with Crippen LogP contribution in [0.1, 0.15) is 17.4 Å². The molecule has 7 nitrogen and oxygen atoms in total. The highest BCUT2D eigenvalue weighted by Crippen LogP contribution is 2.33. The molecule has 4 N–H and O–H groups in total. The highest BCUT2D eigenvalue weighted by molar-refractivity contribution is 5.21. The fourth-order valence-corrected chi connectivity index (χ4v) is 1.93. The molecule has 0 aliphatic carbocycles. The van der Waals surface area contributed by atoms with Gasteiger partial charge in [0.05, 0.1) is 6.61 Å². The third-order valence-electron chi connectivity index (χ3n) is 2.90. The predicted octanol–water partition coefficient (Wildman–Crippen LogP) is -1.77. The summed E-state index contributed by atoms with van der Waals surface area (Å²) in [6.07, 6.45) is -2.64. The molecule has 1 aliphatic heterocycles. The minimum absolute atomic E-state index is 0.384. The van der Waals surface area contributed by atoms with Crippen molar-refractivity contribution in [1.29, 1.82) is 0 Å². The molecule has 1 aromatic heterocycles. The van der Waals surface area contributed by atoms with Gasteiger partial charge in [-0.25, -0.2) is 9.78 Å². The Morgan fingerprint density at radius 3 is 2.71 bits per heavy atom. The van der Waals surface area contributed by atoms with E-state index in [9.17, 15) is 15.0 Å². The number of aliphatic hydroxyl groups excluding tert-OH is 3. The van der Waals surface area contributed by atoms with Crippen LogP contribution in [0.5, 0.6) is 0 Å². The molecule has 1 aromatic rings.